The van der Waals surface area contributed by atoms with Crippen molar-refractivity contribution in [3.05, 3.63) is 304 Å². The van der Waals surface area contributed by atoms with E-state index in [1.54, 1.807) is 0 Å². The van der Waals surface area contributed by atoms with Crippen LogP contribution in [0.15, 0.2) is 243 Å². The topological polar surface area (TPSA) is 16.3 Å². The molecule has 2 aliphatic rings. The van der Waals surface area contributed by atoms with Gasteiger partial charge in [0.05, 0.1) is 33.4 Å². The van der Waals surface area contributed by atoms with Crippen molar-refractivity contribution < 1.29 is 13.7 Å². The standard InChI is InChI=1S/C129H153BN4/c1-119(2,3)74-81-38-34-42-86(58-81)98-72-112(100(64-90(98)79-124(16,17)18)88-44-36-40-83(60-88)76-121(7,8)9)133-114-70-96(131-108-54-46-92(126(22,23)24)66-102(108)103-67-93(127(25,26)27)47-55-109(103)131)50-52-106(114)130-107-53-51-97(132-110-56-48-94(128(28,29)30)68-104(110)105-69-95(129(31,32)33)49-57-111(105)132)71-115(107)134(117-63-85(78-123(13,14)15)62-116(133)118(117)130)113-73-99(87-43-35-39-82(59-87)75-120(4,5)6)91(80-125(19,20)21)65-101(113)89-45-37-41-84(61-89)77-122(10,11)12/h34-73H,74-80H2,1-33H3/i74D2,75D2,76D2,77D2,78D2. The van der Waals surface area contributed by atoms with Gasteiger partial charge in [-0.25, -0.2) is 0 Å². The van der Waals surface area contributed by atoms with Gasteiger partial charge in [0, 0.05) is 80.5 Å². The molecule has 17 rings (SSSR count). The van der Waals surface area contributed by atoms with Crippen LogP contribution in [0.2, 0.25) is 0 Å². The van der Waals surface area contributed by atoms with Crippen LogP contribution >= 0.6 is 0 Å². The molecule has 692 valence electrons. The molecule has 5 heteroatoms. The SMILES string of the molecule is [2H]C([2H])(c1cccc(-c2cc(N3c4cc(-n5c6ccc(C(C)(C)C)cc6c6cc(C(C)(C)C)ccc65)ccc4B4c5ccc(-n6c7ccc(C(C)(C)C)cc7c7cc(C(C)(C)C)ccc76)cc5N(c5cc(-c6cccc(C([2H])([2H])C(C)(C)C)c6)c(CC(C)(C)C)cc5-c5cccc(C([2H])([2H])C(C)(C)C)c5)c5cc(C([2H])([2H])C(C)(C)C)cc3c54)c(-c3cccc(C([2H])([2H])C(C)(C)C)c3)cc2CC(C)(C)C)c1)C(C)(C)C. The van der Waals surface area contributed by atoms with Gasteiger partial charge in [-0.05, 0) is 324 Å². The second-order valence-electron chi connectivity index (χ2n) is 50.8. The molecule has 13 aromatic carbocycles. The van der Waals surface area contributed by atoms with E-state index in [1.165, 1.54) is 22.3 Å². The predicted molar refractivity (Wildman–Crippen MR) is 588 cm³/mol. The zero-order valence-corrected chi connectivity index (χ0v) is 86.9. The monoisotopic (exact) mass is 1780 g/mol. The Bertz CT molecular complexity index is 7070. The number of aromatic nitrogens is 2. The fourth-order valence-corrected chi connectivity index (χ4v) is 20.6. The number of fused-ring (bicyclic) bond motifs is 10. The number of anilines is 6. The van der Waals surface area contributed by atoms with Gasteiger partial charge in [0.1, 0.15) is 0 Å². The Morgan fingerprint density at radius 2 is 0.500 bits per heavy atom. The number of hydrogen-bond acceptors (Lipinski definition) is 2. The lowest BCUT2D eigenvalue weighted by atomic mass is 9.33. The Labute approximate surface area is 821 Å². The second-order valence-corrected chi connectivity index (χ2v) is 50.8. The van der Waals surface area contributed by atoms with Crippen molar-refractivity contribution in [2.24, 2.45) is 37.9 Å². The maximum atomic E-state index is 11.3. The number of benzene rings is 13. The maximum Gasteiger partial charge on any atom is 0.252 e. The van der Waals surface area contributed by atoms with Crippen LogP contribution in [-0.2, 0) is 66.4 Å². The van der Waals surface area contributed by atoms with Crippen molar-refractivity contribution in [1.29, 1.82) is 0 Å². The molecule has 0 fully saturated rings. The van der Waals surface area contributed by atoms with E-state index >= 15 is 0 Å². The molecule has 0 spiro atoms. The molecule has 0 atom stereocenters. The van der Waals surface area contributed by atoms with E-state index < -0.39 is 65.7 Å². The third-order valence-corrected chi connectivity index (χ3v) is 26.2. The van der Waals surface area contributed by atoms with Gasteiger partial charge >= 0.3 is 0 Å². The van der Waals surface area contributed by atoms with Crippen molar-refractivity contribution in [3.8, 4) is 55.9 Å². The molecular formula is C129H153BN4. The Balaban J connectivity index is 1.12. The predicted octanol–water partition coefficient (Wildman–Crippen LogP) is 34.9. The lowest BCUT2D eigenvalue weighted by Gasteiger charge is -2.46. The molecule has 4 nitrogen and oxygen atoms in total. The lowest BCUT2D eigenvalue weighted by molar-refractivity contribution is 0.410. The highest BCUT2D eigenvalue weighted by Gasteiger charge is 2.46. The molecule has 0 saturated heterocycles. The van der Waals surface area contributed by atoms with Crippen LogP contribution in [0.25, 0.3) is 99.5 Å². The van der Waals surface area contributed by atoms with E-state index in [-0.39, 0.29) is 32.5 Å². The average molecular weight is 1780 g/mol. The Kier molecular flexibility index (Phi) is 20.7. The van der Waals surface area contributed by atoms with Crippen LogP contribution in [0.1, 0.15) is 303 Å². The van der Waals surface area contributed by atoms with Crippen LogP contribution < -0.4 is 26.2 Å². The normalized spacial score (nSPS) is 15.5. The number of hydrogen-bond donors (Lipinski definition) is 0. The Morgan fingerprint density at radius 3 is 0.761 bits per heavy atom. The molecule has 2 aromatic heterocycles. The molecule has 2 aliphatic heterocycles. The summed E-state index contributed by atoms with van der Waals surface area (Å²) in [4.78, 5) is 4.89. The Hall–Kier alpha value is -10.9. The summed E-state index contributed by atoms with van der Waals surface area (Å²) in [5.41, 5.74) is 23.6. The molecule has 134 heavy (non-hydrogen) atoms. The maximum absolute atomic E-state index is 11.3. The first-order valence-corrected chi connectivity index (χ1v) is 49.1. The van der Waals surface area contributed by atoms with Crippen LogP contribution in [0, 0.1) is 37.9 Å². The van der Waals surface area contributed by atoms with E-state index in [2.05, 4.69) is 338 Å². The van der Waals surface area contributed by atoms with Gasteiger partial charge < -0.3 is 18.9 Å². The van der Waals surface area contributed by atoms with Crippen LogP contribution in [-0.4, -0.2) is 15.8 Å². The first-order valence-electron chi connectivity index (χ1n) is 54.1. The third-order valence-electron chi connectivity index (χ3n) is 26.2. The molecule has 0 amide bonds. The lowest BCUT2D eigenvalue weighted by Crippen LogP contribution is -2.61. The van der Waals surface area contributed by atoms with Crippen LogP contribution in [0.5, 0.6) is 0 Å². The van der Waals surface area contributed by atoms with E-state index in [0.717, 1.165) is 150 Å². The first-order chi connectivity index (χ1) is 66.1. The van der Waals surface area contributed by atoms with Gasteiger partial charge in [-0.2, -0.15) is 0 Å². The molecule has 0 saturated carbocycles. The second kappa shape index (κ2) is 33.5. The Morgan fingerprint density at radius 1 is 0.231 bits per heavy atom. The van der Waals surface area contributed by atoms with Crippen molar-refractivity contribution in [2.75, 3.05) is 9.80 Å². The summed E-state index contributed by atoms with van der Waals surface area (Å²) >= 11 is 0. The molecule has 0 N–H and O–H groups in total. The summed E-state index contributed by atoms with van der Waals surface area (Å²) in [5, 5.41) is 4.53. The molecule has 4 heterocycles. The van der Waals surface area contributed by atoms with Gasteiger partial charge in [0.25, 0.3) is 6.71 Å². The minimum atomic E-state index is -2.12. The largest absolute Gasteiger partial charge is 0.311 e. The summed E-state index contributed by atoms with van der Waals surface area (Å²) in [7, 11) is 0. The summed E-state index contributed by atoms with van der Waals surface area (Å²) in [5.74, 6) is 0. The highest BCUT2D eigenvalue weighted by molar-refractivity contribution is 7.00. The van der Waals surface area contributed by atoms with Crippen molar-refractivity contribution in [2.45, 2.75) is 295 Å². The van der Waals surface area contributed by atoms with Crippen molar-refractivity contribution in [1.82, 2.24) is 9.13 Å². The van der Waals surface area contributed by atoms with E-state index in [4.69, 9.17) is 0 Å². The quantitative estimate of drug-likeness (QED) is 0.0951. The van der Waals surface area contributed by atoms with Crippen LogP contribution in [0.4, 0.5) is 34.1 Å². The number of rotatable bonds is 15. The summed E-state index contributed by atoms with van der Waals surface area (Å²) in [6.07, 6.45) is -8.20. The zero-order valence-electron chi connectivity index (χ0n) is 96.9. The third kappa shape index (κ3) is 19.7. The molecule has 0 aliphatic carbocycles. The van der Waals surface area contributed by atoms with E-state index in [0.29, 0.717) is 52.0 Å². The average Bonchev–Trinajstić information content (AvgIpc) is 0.756. The zero-order chi connectivity index (χ0) is 106. The van der Waals surface area contributed by atoms with Gasteiger partial charge in [-0.1, -0.05) is 362 Å². The van der Waals surface area contributed by atoms with Gasteiger partial charge in [0.15, 0.2) is 0 Å². The fourth-order valence-electron chi connectivity index (χ4n) is 20.6. The van der Waals surface area contributed by atoms with Crippen molar-refractivity contribution in [3.63, 3.8) is 0 Å². The molecular weight excluding hydrogens is 1620 g/mol. The highest BCUT2D eigenvalue weighted by Crippen LogP contribution is 2.55. The molecule has 15 aromatic rings. The fraction of sp³-hybridized carbons (Fsp3) is 0.395. The minimum absolute atomic E-state index is 0.189. The molecule has 0 unspecified atom stereocenters. The van der Waals surface area contributed by atoms with Crippen molar-refractivity contribution >= 4 is 101 Å². The number of nitrogens with zero attached hydrogens (tertiary/aromatic N) is 4. The van der Waals surface area contributed by atoms with Gasteiger partial charge in [-0.3, -0.25) is 0 Å². The first kappa shape index (κ1) is 82.6. The highest BCUT2D eigenvalue weighted by atomic mass is 15.2. The summed E-state index contributed by atoms with van der Waals surface area (Å²) in [6, 6.07) is 88.3. The summed E-state index contributed by atoms with van der Waals surface area (Å²) in [6.45, 7) is 69.9. The van der Waals surface area contributed by atoms with E-state index in [9.17, 15) is 13.7 Å². The van der Waals surface area contributed by atoms with Crippen LogP contribution in [0.3, 0.4) is 0 Å². The van der Waals surface area contributed by atoms with E-state index in [1.807, 2.05) is 152 Å². The van der Waals surface area contributed by atoms with Gasteiger partial charge in [-0.15, -0.1) is 0 Å². The molecule has 0 radical (unpaired) electrons. The summed E-state index contributed by atoms with van der Waals surface area (Å²) < 4.78 is 109. The minimum Gasteiger partial charge on any atom is -0.311 e. The van der Waals surface area contributed by atoms with Gasteiger partial charge in [0.2, 0.25) is 0 Å². The molecule has 0 bridgehead atoms. The smallest absolute Gasteiger partial charge is 0.252 e.